The molecule has 1 aromatic rings. The summed E-state index contributed by atoms with van der Waals surface area (Å²) in [6, 6.07) is 6.50. The van der Waals surface area contributed by atoms with Crippen LogP contribution < -0.4 is 0 Å². The first-order valence-electron chi connectivity index (χ1n) is 5.11. The minimum Gasteiger partial charge on any atom is -0.379 e. The summed E-state index contributed by atoms with van der Waals surface area (Å²) in [5, 5.41) is 0. The normalized spacial score (nSPS) is 13.1. The Kier molecular flexibility index (Phi) is 5.62. The van der Waals surface area contributed by atoms with Crippen molar-refractivity contribution in [2.75, 3.05) is 14.2 Å². The molecule has 0 saturated heterocycles. The molecular formula is C11H17FO3Si. The van der Waals surface area contributed by atoms with E-state index >= 15 is 0 Å². The van der Waals surface area contributed by atoms with Gasteiger partial charge in [-0.1, -0.05) is 12.1 Å². The van der Waals surface area contributed by atoms with E-state index in [0.29, 0.717) is 6.42 Å². The van der Waals surface area contributed by atoms with Crippen molar-refractivity contribution in [2.24, 2.45) is 0 Å². The zero-order valence-electron chi connectivity index (χ0n) is 9.77. The third-order valence-electron chi connectivity index (χ3n) is 2.14. The average molecular weight is 244 g/mol. The van der Waals surface area contributed by atoms with Crippen LogP contribution in [0.2, 0.25) is 0 Å². The van der Waals surface area contributed by atoms with Crippen molar-refractivity contribution in [2.45, 2.75) is 19.4 Å². The molecule has 90 valence electrons. The molecule has 0 radical (unpaired) electrons. The van der Waals surface area contributed by atoms with Gasteiger partial charge in [0.05, 0.1) is 6.10 Å². The fraction of sp³-hybridized carbons (Fsp3) is 0.455. The molecule has 0 aliphatic heterocycles. The van der Waals surface area contributed by atoms with Crippen LogP contribution in [0.5, 0.6) is 0 Å². The Morgan fingerprint density at radius 1 is 1.31 bits per heavy atom. The van der Waals surface area contributed by atoms with Gasteiger partial charge in [0.25, 0.3) is 0 Å². The van der Waals surface area contributed by atoms with Gasteiger partial charge in [-0.05, 0) is 31.0 Å². The van der Waals surface area contributed by atoms with Crippen molar-refractivity contribution in [3.8, 4) is 0 Å². The quantitative estimate of drug-likeness (QED) is 0.714. The number of benzene rings is 1. The largest absolute Gasteiger partial charge is 0.483 e. The summed E-state index contributed by atoms with van der Waals surface area (Å²) in [6.45, 7) is 1.92. The molecule has 1 atom stereocenters. The third-order valence-corrected chi connectivity index (χ3v) is 3.60. The number of rotatable bonds is 6. The first kappa shape index (κ1) is 13.3. The maximum atomic E-state index is 12.9. The highest BCUT2D eigenvalue weighted by Crippen LogP contribution is 2.09. The Labute approximate surface area is 97.1 Å². The molecular weight excluding hydrogens is 227 g/mol. The zero-order valence-corrected chi connectivity index (χ0v) is 10.9. The minimum atomic E-state index is -2.00. The fourth-order valence-corrected chi connectivity index (χ4v) is 2.33. The SMILES string of the molecule is CO[SiH](OC)OC(C)Cc1cccc(F)c1. The highest BCUT2D eigenvalue weighted by Gasteiger charge is 2.15. The molecule has 16 heavy (non-hydrogen) atoms. The van der Waals surface area contributed by atoms with Gasteiger partial charge in [0.15, 0.2) is 0 Å². The average Bonchev–Trinajstić information content (AvgIpc) is 2.26. The van der Waals surface area contributed by atoms with E-state index in [1.165, 1.54) is 12.1 Å². The summed E-state index contributed by atoms with van der Waals surface area (Å²) in [6.07, 6.45) is 0.604. The molecule has 0 aromatic heterocycles. The molecule has 0 fully saturated rings. The molecule has 0 heterocycles. The van der Waals surface area contributed by atoms with E-state index in [4.69, 9.17) is 13.3 Å². The van der Waals surface area contributed by atoms with Gasteiger partial charge in [-0.15, -0.1) is 0 Å². The van der Waals surface area contributed by atoms with Crippen LogP contribution in [0.25, 0.3) is 0 Å². The van der Waals surface area contributed by atoms with Crippen molar-refractivity contribution >= 4 is 9.53 Å². The van der Waals surface area contributed by atoms with E-state index in [9.17, 15) is 4.39 Å². The molecule has 1 rings (SSSR count). The highest BCUT2D eigenvalue weighted by molar-refractivity contribution is 6.36. The minimum absolute atomic E-state index is 0.0432. The van der Waals surface area contributed by atoms with Crippen molar-refractivity contribution in [1.82, 2.24) is 0 Å². The van der Waals surface area contributed by atoms with E-state index in [-0.39, 0.29) is 11.9 Å². The number of halogens is 1. The van der Waals surface area contributed by atoms with Gasteiger partial charge in [-0.3, -0.25) is 0 Å². The van der Waals surface area contributed by atoms with E-state index in [1.807, 2.05) is 13.0 Å². The van der Waals surface area contributed by atoms with E-state index in [0.717, 1.165) is 5.56 Å². The fourth-order valence-electron chi connectivity index (χ4n) is 1.44. The van der Waals surface area contributed by atoms with Gasteiger partial charge >= 0.3 is 9.53 Å². The van der Waals surface area contributed by atoms with Crippen LogP contribution in [-0.4, -0.2) is 29.9 Å². The summed E-state index contributed by atoms with van der Waals surface area (Å²) < 4.78 is 28.6. The molecule has 1 unspecified atom stereocenters. The lowest BCUT2D eigenvalue weighted by Gasteiger charge is -2.18. The van der Waals surface area contributed by atoms with E-state index < -0.39 is 9.53 Å². The van der Waals surface area contributed by atoms with Gasteiger partial charge in [0.1, 0.15) is 5.82 Å². The van der Waals surface area contributed by atoms with Gasteiger partial charge in [-0.2, -0.15) is 0 Å². The predicted molar refractivity (Wildman–Crippen MR) is 61.8 cm³/mol. The first-order chi connectivity index (χ1) is 7.65. The monoisotopic (exact) mass is 244 g/mol. The Morgan fingerprint density at radius 3 is 2.56 bits per heavy atom. The summed E-state index contributed by atoms with van der Waals surface area (Å²) in [7, 11) is 1.13. The topological polar surface area (TPSA) is 27.7 Å². The summed E-state index contributed by atoms with van der Waals surface area (Å²) >= 11 is 0. The molecule has 0 spiro atoms. The smallest absolute Gasteiger partial charge is 0.379 e. The molecule has 0 aliphatic carbocycles. The van der Waals surface area contributed by atoms with Crippen LogP contribution in [-0.2, 0) is 19.7 Å². The lowest BCUT2D eigenvalue weighted by Crippen LogP contribution is -2.29. The number of hydrogen-bond acceptors (Lipinski definition) is 3. The molecule has 3 nitrogen and oxygen atoms in total. The third kappa shape index (κ3) is 4.40. The maximum absolute atomic E-state index is 12.9. The van der Waals surface area contributed by atoms with E-state index in [1.54, 1.807) is 20.3 Å². The summed E-state index contributed by atoms with van der Waals surface area (Å²) in [5.41, 5.74) is 0.910. The number of hydrogen-bond donors (Lipinski definition) is 0. The van der Waals surface area contributed by atoms with Gasteiger partial charge in [0, 0.05) is 14.2 Å². The lowest BCUT2D eigenvalue weighted by atomic mass is 10.1. The highest BCUT2D eigenvalue weighted by atomic mass is 28.3. The Morgan fingerprint density at radius 2 is 2.00 bits per heavy atom. The second kappa shape index (κ2) is 6.75. The van der Waals surface area contributed by atoms with Crippen molar-refractivity contribution in [3.63, 3.8) is 0 Å². The second-order valence-electron chi connectivity index (χ2n) is 3.54. The van der Waals surface area contributed by atoms with E-state index in [2.05, 4.69) is 0 Å². The van der Waals surface area contributed by atoms with Crippen LogP contribution >= 0.6 is 0 Å². The Bertz CT molecular complexity index is 318. The van der Waals surface area contributed by atoms with Crippen LogP contribution in [0.4, 0.5) is 4.39 Å². The Hall–Kier alpha value is -0.753. The van der Waals surface area contributed by atoms with Gasteiger partial charge in [0.2, 0.25) is 0 Å². The van der Waals surface area contributed by atoms with Gasteiger partial charge < -0.3 is 13.3 Å². The predicted octanol–water partition coefficient (Wildman–Crippen LogP) is 1.78. The molecule has 0 amide bonds. The Balaban J connectivity index is 2.47. The molecule has 0 aliphatic rings. The van der Waals surface area contributed by atoms with Crippen LogP contribution in [0.1, 0.15) is 12.5 Å². The zero-order chi connectivity index (χ0) is 12.0. The second-order valence-corrected chi connectivity index (χ2v) is 5.33. The summed E-state index contributed by atoms with van der Waals surface area (Å²) in [5.74, 6) is -0.225. The molecule has 5 heteroatoms. The van der Waals surface area contributed by atoms with Crippen LogP contribution in [0.3, 0.4) is 0 Å². The molecule has 0 N–H and O–H groups in total. The van der Waals surface area contributed by atoms with Gasteiger partial charge in [-0.25, -0.2) is 4.39 Å². The molecule has 1 aromatic carbocycles. The van der Waals surface area contributed by atoms with Crippen molar-refractivity contribution in [1.29, 1.82) is 0 Å². The molecule has 0 saturated carbocycles. The standard InChI is InChI=1S/C11H17FO3Si/c1-9(15-16(13-2)14-3)7-10-5-4-6-11(12)8-10/h4-6,8-9,16H,7H2,1-3H3. The first-order valence-corrected chi connectivity index (χ1v) is 6.52. The van der Waals surface area contributed by atoms with Crippen LogP contribution in [0, 0.1) is 5.82 Å². The lowest BCUT2D eigenvalue weighted by molar-refractivity contribution is 0.0951. The van der Waals surface area contributed by atoms with Crippen molar-refractivity contribution in [3.05, 3.63) is 35.6 Å². The molecule has 0 bridgehead atoms. The van der Waals surface area contributed by atoms with Crippen LogP contribution in [0.15, 0.2) is 24.3 Å². The summed E-state index contributed by atoms with van der Waals surface area (Å²) in [4.78, 5) is 0. The maximum Gasteiger partial charge on any atom is 0.483 e. The van der Waals surface area contributed by atoms with Crippen molar-refractivity contribution < 1.29 is 17.7 Å².